The number of amides is 1. The molecule has 1 saturated carbocycles. The Balaban J connectivity index is 1.48. The molecule has 2 aromatic carbocycles. The van der Waals surface area contributed by atoms with E-state index < -0.39 is 29.5 Å². The fourth-order valence-electron chi connectivity index (χ4n) is 4.82. The van der Waals surface area contributed by atoms with Crippen LogP contribution in [-0.2, 0) is 16.0 Å². The van der Waals surface area contributed by atoms with Crippen LogP contribution in [0.2, 0.25) is 0 Å². The summed E-state index contributed by atoms with van der Waals surface area (Å²) in [5.41, 5.74) is 1.64. The van der Waals surface area contributed by atoms with Crippen LogP contribution in [0.15, 0.2) is 42.5 Å². The van der Waals surface area contributed by atoms with E-state index in [0.29, 0.717) is 32.0 Å². The van der Waals surface area contributed by atoms with Gasteiger partial charge < -0.3 is 19.9 Å². The molecule has 0 radical (unpaired) electrons. The fourth-order valence-corrected chi connectivity index (χ4v) is 4.82. The van der Waals surface area contributed by atoms with E-state index in [0.717, 1.165) is 16.7 Å². The summed E-state index contributed by atoms with van der Waals surface area (Å²) in [6.07, 6.45) is -4.96. The Labute approximate surface area is 207 Å². The third-order valence-electron chi connectivity index (χ3n) is 7.15. The number of benzene rings is 2. The molecule has 0 aromatic heterocycles. The van der Waals surface area contributed by atoms with E-state index in [-0.39, 0.29) is 37.2 Å². The number of carbonyl (C=O) groups is 2. The first-order chi connectivity index (χ1) is 17.1. The van der Waals surface area contributed by atoms with E-state index >= 15 is 0 Å². The van der Waals surface area contributed by atoms with E-state index in [4.69, 9.17) is 9.47 Å². The number of nitrogens with one attached hydrogen (secondary N) is 1. The average molecular weight is 506 g/mol. The van der Waals surface area contributed by atoms with Gasteiger partial charge in [0.1, 0.15) is 11.3 Å². The molecule has 0 unspecified atom stereocenters. The molecule has 4 rings (SSSR count). The Morgan fingerprint density at radius 2 is 1.86 bits per heavy atom. The van der Waals surface area contributed by atoms with Crippen molar-refractivity contribution in [2.45, 2.75) is 56.7 Å². The predicted octanol–water partition coefficient (Wildman–Crippen LogP) is 5.04. The van der Waals surface area contributed by atoms with Gasteiger partial charge in [-0.3, -0.25) is 4.79 Å². The van der Waals surface area contributed by atoms with E-state index in [1.807, 2.05) is 25.1 Å². The number of aliphatic carboxylic acids is 1. The number of aryl methyl sites for hydroxylation is 1. The third-order valence-corrected chi connectivity index (χ3v) is 7.15. The lowest BCUT2D eigenvalue weighted by Gasteiger charge is -2.38. The van der Waals surface area contributed by atoms with Crippen LogP contribution in [0.25, 0.3) is 0 Å². The molecule has 1 heterocycles. The van der Waals surface area contributed by atoms with Crippen molar-refractivity contribution in [3.8, 4) is 5.75 Å². The van der Waals surface area contributed by atoms with Gasteiger partial charge >= 0.3 is 12.1 Å². The molecule has 0 atom stereocenters. The number of hydrogen-bond acceptors (Lipinski definition) is 4. The maximum atomic E-state index is 13.1. The standard InChI is InChI=1S/C27H30F3NO5/c1-17-3-2-4-18(13-17)9-12-36-23-14-19(5-6-22(23)20-15-35-16-20)24(32)31-26(25(33)34)10-7-21(8-11-26)27(28,29)30/h2-6,13-14,20-21H,7-12,15-16H2,1H3,(H,31,32)(H,33,34). The van der Waals surface area contributed by atoms with Crippen molar-refractivity contribution in [2.24, 2.45) is 5.92 Å². The van der Waals surface area contributed by atoms with Gasteiger partial charge in [0.15, 0.2) is 0 Å². The maximum absolute atomic E-state index is 13.1. The summed E-state index contributed by atoms with van der Waals surface area (Å²) in [6.45, 7) is 3.48. The minimum Gasteiger partial charge on any atom is -0.493 e. The number of alkyl halides is 3. The van der Waals surface area contributed by atoms with E-state index in [1.54, 1.807) is 18.2 Å². The summed E-state index contributed by atoms with van der Waals surface area (Å²) in [5, 5.41) is 12.3. The molecule has 2 N–H and O–H groups in total. The first-order valence-electron chi connectivity index (χ1n) is 12.1. The summed E-state index contributed by atoms with van der Waals surface area (Å²) < 4.78 is 50.6. The van der Waals surface area contributed by atoms with Gasteiger partial charge in [0.2, 0.25) is 0 Å². The smallest absolute Gasteiger partial charge is 0.391 e. The van der Waals surface area contributed by atoms with Crippen molar-refractivity contribution in [1.29, 1.82) is 0 Å². The molecule has 6 nitrogen and oxygen atoms in total. The first kappa shape index (κ1) is 26.0. The molecule has 36 heavy (non-hydrogen) atoms. The maximum Gasteiger partial charge on any atom is 0.391 e. The lowest BCUT2D eigenvalue weighted by molar-refractivity contribution is -0.187. The average Bonchev–Trinajstić information content (AvgIpc) is 2.78. The van der Waals surface area contributed by atoms with Gasteiger partial charge in [-0.05, 0) is 50.3 Å². The third kappa shape index (κ3) is 5.83. The highest BCUT2D eigenvalue weighted by molar-refractivity contribution is 5.98. The molecule has 0 spiro atoms. The summed E-state index contributed by atoms with van der Waals surface area (Å²) in [4.78, 5) is 25.1. The molecule has 0 bridgehead atoms. The lowest BCUT2D eigenvalue weighted by atomic mass is 9.76. The zero-order valence-electron chi connectivity index (χ0n) is 20.1. The van der Waals surface area contributed by atoms with E-state index in [2.05, 4.69) is 11.4 Å². The van der Waals surface area contributed by atoms with E-state index in [1.165, 1.54) is 0 Å². The first-order valence-corrected chi connectivity index (χ1v) is 12.1. The second-order valence-electron chi connectivity index (χ2n) is 9.73. The lowest BCUT2D eigenvalue weighted by Crippen LogP contribution is -2.57. The Bertz CT molecular complexity index is 1100. The Morgan fingerprint density at radius 1 is 1.14 bits per heavy atom. The summed E-state index contributed by atoms with van der Waals surface area (Å²) in [7, 11) is 0. The summed E-state index contributed by atoms with van der Waals surface area (Å²) >= 11 is 0. The minimum absolute atomic E-state index is 0.138. The Kier molecular flexibility index (Phi) is 7.59. The zero-order valence-corrected chi connectivity index (χ0v) is 20.1. The highest BCUT2D eigenvalue weighted by Gasteiger charge is 2.49. The summed E-state index contributed by atoms with van der Waals surface area (Å²) in [5.74, 6) is -2.87. The van der Waals surface area contributed by atoms with Crippen LogP contribution in [0.4, 0.5) is 13.2 Å². The largest absolute Gasteiger partial charge is 0.493 e. The number of hydrogen-bond donors (Lipinski definition) is 2. The van der Waals surface area contributed by atoms with Crippen molar-refractivity contribution in [2.75, 3.05) is 19.8 Å². The molecule has 2 aliphatic rings. The van der Waals surface area contributed by atoms with Gasteiger partial charge in [-0.15, -0.1) is 0 Å². The van der Waals surface area contributed by atoms with Crippen LogP contribution < -0.4 is 10.1 Å². The van der Waals surface area contributed by atoms with E-state index in [9.17, 15) is 27.9 Å². The van der Waals surface area contributed by atoms with Crippen LogP contribution in [0.3, 0.4) is 0 Å². The molecule has 1 aliphatic heterocycles. The SMILES string of the molecule is Cc1cccc(CCOc2cc(C(=O)NC3(C(=O)O)CCC(C(F)(F)F)CC3)ccc2C2COC2)c1. The van der Waals surface area contributed by atoms with Crippen molar-refractivity contribution < 1.29 is 37.3 Å². The van der Waals surface area contributed by atoms with Crippen LogP contribution in [0, 0.1) is 12.8 Å². The molecule has 2 fully saturated rings. The van der Waals surface area contributed by atoms with Crippen LogP contribution >= 0.6 is 0 Å². The van der Waals surface area contributed by atoms with Crippen molar-refractivity contribution in [1.82, 2.24) is 5.32 Å². The second kappa shape index (κ2) is 10.5. The number of carboxylic acid groups (broad SMARTS) is 1. The van der Waals surface area contributed by atoms with Gasteiger partial charge in [-0.1, -0.05) is 35.9 Å². The van der Waals surface area contributed by atoms with Crippen molar-refractivity contribution in [3.63, 3.8) is 0 Å². The number of ether oxygens (including phenoxy) is 2. The molecule has 2 aromatic rings. The fraction of sp³-hybridized carbons (Fsp3) is 0.481. The van der Waals surface area contributed by atoms with Gasteiger partial charge in [-0.2, -0.15) is 13.2 Å². The summed E-state index contributed by atoms with van der Waals surface area (Å²) in [6, 6.07) is 13.0. The number of rotatable bonds is 8. The quantitative estimate of drug-likeness (QED) is 0.525. The zero-order chi connectivity index (χ0) is 25.9. The predicted molar refractivity (Wildman–Crippen MR) is 126 cm³/mol. The Morgan fingerprint density at radius 3 is 2.44 bits per heavy atom. The number of carbonyl (C=O) groups excluding carboxylic acids is 1. The molecule has 9 heteroatoms. The normalized spacial score (nSPS) is 22.5. The van der Waals surface area contributed by atoms with Crippen LogP contribution in [-0.4, -0.2) is 48.5 Å². The monoisotopic (exact) mass is 505 g/mol. The van der Waals surface area contributed by atoms with Gasteiger partial charge in [0.05, 0.1) is 25.7 Å². The molecule has 194 valence electrons. The number of carboxylic acids is 1. The van der Waals surface area contributed by atoms with Gasteiger partial charge in [0, 0.05) is 23.5 Å². The molecular formula is C27H30F3NO5. The topological polar surface area (TPSA) is 84.9 Å². The molecule has 1 amide bonds. The Hall–Kier alpha value is -3.07. The highest BCUT2D eigenvalue weighted by atomic mass is 19.4. The van der Waals surface area contributed by atoms with Crippen molar-refractivity contribution in [3.05, 3.63) is 64.7 Å². The van der Waals surface area contributed by atoms with Crippen LogP contribution in [0.1, 0.15) is 58.6 Å². The molecule has 1 saturated heterocycles. The van der Waals surface area contributed by atoms with Crippen molar-refractivity contribution >= 4 is 11.9 Å². The van der Waals surface area contributed by atoms with Gasteiger partial charge in [0.25, 0.3) is 5.91 Å². The highest BCUT2D eigenvalue weighted by Crippen LogP contribution is 2.41. The minimum atomic E-state index is -4.37. The molecule has 1 aliphatic carbocycles. The number of halogens is 3. The second-order valence-corrected chi connectivity index (χ2v) is 9.73. The van der Waals surface area contributed by atoms with Crippen LogP contribution in [0.5, 0.6) is 5.75 Å². The van der Waals surface area contributed by atoms with Gasteiger partial charge in [-0.25, -0.2) is 4.79 Å². The molecular weight excluding hydrogens is 475 g/mol.